The monoisotopic (exact) mass is 440 g/mol. The Bertz CT molecular complexity index is 1400. The molecule has 5 rings (SSSR count). The molecule has 0 aliphatic carbocycles. The summed E-state index contributed by atoms with van der Waals surface area (Å²) < 4.78 is 12.2. The van der Waals surface area contributed by atoms with Crippen molar-refractivity contribution in [2.45, 2.75) is 26.4 Å². The number of pyridine rings is 1. The van der Waals surface area contributed by atoms with Crippen LogP contribution in [0.25, 0.3) is 10.8 Å². The van der Waals surface area contributed by atoms with E-state index in [1.54, 1.807) is 12.3 Å². The Hall–Kier alpha value is -4.06. The fourth-order valence-electron chi connectivity index (χ4n) is 4.03. The van der Waals surface area contributed by atoms with Gasteiger partial charge in [0.2, 0.25) is 12.7 Å². The Morgan fingerprint density at radius 2 is 1.64 bits per heavy atom. The maximum absolute atomic E-state index is 13.2. The summed E-state index contributed by atoms with van der Waals surface area (Å²) >= 11 is 0. The van der Waals surface area contributed by atoms with Gasteiger partial charge in [-0.25, -0.2) is 0 Å². The second-order valence-corrected chi connectivity index (χ2v) is 8.00. The first-order valence-electron chi connectivity index (χ1n) is 10.9. The van der Waals surface area contributed by atoms with E-state index in [0.717, 1.165) is 23.3 Å². The van der Waals surface area contributed by atoms with E-state index in [0.29, 0.717) is 28.6 Å². The fourth-order valence-corrected chi connectivity index (χ4v) is 4.03. The first kappa shape index (κ1) is 20.8. The van der Waals surface area contributed by atoms with Crippen LogP contribution in [0, 0.1) is 0 Å². The van der Waals surface area contributed by atoms with E-state index in [4.69, 9.17) is 9.47 Å². The smallest absolute Gasteiger partial charge is 0.261 e. The molecule has 2 heterocycles. The Kier molecular flexibility index (Phi) is 5.57. The van der Waals surface area contributed by atoms with Crippen molar-refractivity contribution >= 4 is 17.0 Å². The van der Waals surface area contributed by atoms with Gasteiger partial charge in [0.05, 0.1) is 18.7 Å². The molecule has 1 aliphatic heterocycles. The normalized spacial score (nSPS) is 12.6. The molecule has 6 nitrogen and oxygen atoms in total. The van der Waals surface area contributed by atoms with Crippen LogP contribution in [-0.4, -0.2) is 22.7 Å². The summed E-state index contributed by atoms with van der Waals surface area (Å²) in [4.78, 5) is 17.7. The van der Waals surface area contributed by atoms with Crippen molar-refractivity contribution in [3.63, 3.8) is 0 Å². The van der Waals surface area contributed by atoms with Gasteiger partial charge >= 0.3 is 0 Å². The Morgan fingerprint density at radius 1 is 0.939 bits per heavy atom. The van der Waals surface area contributed by atoms with Crippen LogP contribution in [0.2, 0.25) is 0 Å². The summed E-state index contributed by atoms with van der Waals surface area (Å²) in [6.07, 6.45) is 2.59. The molecule has 3 aromatic carbocycles. The van der Waals surface area contributed by atoms with Gasteiger partial charge in [-0.15, -0.1) is 0 Å². The molecule has 0 spiro atoms. The van der Waals surface area contributed by atoms with Gasteiger partial charge in [0, 0.05) is 17.0 Å². The molecule has 166 valence electrons. The highest BCUT2D eigenvalue weighted by Crippen LogP contribution is 2.32. The van der Waals surface area contributed by atoms with E-state index < -0.39 is 0 Å². The number of aromatic hydroxyl groups is 1. The molecular formula is C27H24N2O4. The lowest BCUT2D eigenvalue weighted by Gasteiger charge is -2.14. The zero-order chi connectivity index (χ0) is 22.8. The number of aromatic nitrogens is 1. The van der Waals surface area contributed by atoms with Crippen molar-refractivity contribution in [2.24, 2.45) is 4.99 Å². The minimum atomic E-state index is -0.226. The number of hydrogen-bond donors (Lipinski definition) is 1. The number of aryl methyl sites for hydroxylation is 1. The summed E-state index contributed by atoms with van der Waals surface area (Å²) in [6.45, 7) is 3.01. The lowest BCUT2D eigenvalue weighted by atomic mass is 10.1. The highest BCUT2D eigenvalue weighted by molar-refractivity contribution is 6.01. The molecule has 4 aromatic rings. The van der Waals surface area contributed by atoms with Gasteiger partial charge in [-0.3, -0.25) is 14.4 Å². The molecule has 0 fully saturated rings. The van der Waals surface area contributed by atoms with E-state index in [2.05, 4.69) is 11.9 Å². The maximum Gasteiger partial charge on any atom is 0.261 e. The molecule has 1 aliphatic rings. The van der Waals surface area contributed by atoms with Gasteiger partial charge in [-0.05, 0) is 41.3 Å². The fraction of sp³-hybridized carbons (Fsp3) is 0.185. The minimum absolute atomic E-state index is 0.0901. The molecule has 0 saturated carbocycles. The molecule has 1 aromatic heterocycles. The maximum atomic E-state index is 13.2. The Labute approximate surface area is 191 Å². The summed E-state index contributed by atoms with van der Waals surface area (Å²) in [5.74, 6) is 1.34. The lowest BCUT2D eigenvalue weighted by molar-refractivity contribution is 0.174. The number of ether oxygens (including phenoxy) is 2. The van der Waals surface area contributed by atoms with E-state index in [-0.39, 0.29) is 24.8 Å². The van der Waals surface area contributed by atoms with Gasteiger partial charge < -0.3 is 14.6 Å². The minimum Gasteiger partial charge on any atom is -0.494 e. The molecular weight excluding hydrogens is 416 g/mol. The molecule has 0 amide bonds. The first-order chi connectivity index (χ1) is 16.1. The highest BCUT2D eigenvalue weighted by Gasteiger charge is 2.16. The van der Waals surface area contributed by atoms with Crippen molar-refractivity contribution in [2.75, 3.05) is 6.79 Å². The van der Waals surface area contributed by atoms with Crippen LogP contribution in [0.4, 0.5) is 0 Å². The molecule has 0 radical (unpaired) electrons. The summed E-state index contributed by atoms with van der Waals surface area (Å²) in [5, 5.41) is 12.3. The number of aliphatic imine (C=N–C) groups is 1. The predicted molar refractivity (Wildman–Crippen MR) is 129 cm³/mol. The Morgan fingerprint density at radius 3 is 2.42 bits per heavy atom. The van der Waals surface area contributed by atoms with Gasteiger partial charge in [0.15, 0.2) is 11.5 Å². The zero-order valence-electron chi connectivity index (χ0n) is 18.3. The first-order valence-corrected chi connectivity index (χ1v) is 10.9. The van der Waals surface area contributed by atoms with Crippen LogP contribution in [-0.2, 0) is 19.5 Å². The predicted octanol–water partition coefficient (Wildman–Crippen LogP) is 4.67. The standard InChI is InChI=1S/C27H24N2O4/c1-2-18-7-9-19(10-8-18)16-29-26(30)22-6-4-3-5-21(22)23(27(29)31)15-28-14-20-11-12-24-25(13-20)33-17-32-24/h3-13,15,31H,2,14,16-17H2,1H3. The molecule has 33 heavy (non-hydrogen) atoms. The summed E-state index contributed by atoms with van der Waals surface area (Å²) in [7, 11) is 0. The average molecular weight is 440 g/mol. The van der Waals surface area contributed by atoms with Crippen molar-refractivity contribution in [1.82, 2.24) is 4.57 Å². The Balaban J connectivity index is 1.50. The van der Waals surface area contributed by atoms with Crippen molar-refractivity contribution in [3.05, 3.63) is 99.3 Å². The summed E-state index contributed by atoms with van der Waals surface area (Å²) in [6, 6.07) is 21.1. The second kappa shape index (κ2) is 8.82. The van der Waals surface area contributed by atoms with Crippen molar-refractivity contribution in [1.29, 1.82) is 0 Å². The number of rotatable bonds is 6. The quantitative estimate of drug-likeness (QED) is 0.443. The van der Waals surface area contributed by atoms with Crippen LogP contribution in [0.1, 0.15) is 29.2 Å². The van der Waals surface area contributed by atoms with Crippen LogP contribution in [0.5, 0.6) is 17.4 Å². The van der Waals surface area contributed by atoms with Crippen LogP contribution in [0.15, 0.2) is 76.5 Å². The molecule has 0 unspecified atom stereocenters. The number of nitrogens with zero attached hydrogens (tertiary/aromatic N) is 2. The van der Waals surface area contributed by atoms with Crippen molar-refractivity contribution in [3.8, 4) is 17.4 Å². The third-order valence-electron chi connectivity index (χ3n) is 5.89. The highest BCUT2D eigenvalue weighted by atomic mass is 16.7. The average Bonchev–Trinajstić information content (AvgIpc) is 3.32. The van der Waals surface area contributed by atoms with E-state index in [1.807, 2.05) is 60.7 Å². The van der Waals surface area contributed by atoms with Crippen LogP contribution >= 0.6 is 0 Å². The molecule has 0 atom stereocenters. The van der Waals surface area contributed by atoms with E-state index in [9.17, 15) is 9.90 Å². The topological polar surface area (TPSA) is 73.1 Å². The molecule has 0 bridgehead atoms. The summed E-state index contributed by atoms with van der Waals surface area (Å²) in [5.41, 5.74) is 3.43. The second-order valence-electron chi connectivity index (χ2n) is 8.00. The molecule has 1 N–H and O–H groups in total. The lowest BCUT2D eigenvalue weighted by Crippen LogP contribution is -2.22. The number of hydrogen-bond acceptors (Lipinski definition) is 5. The largest absolute Gasteiger partial charge is 0.494 e. The number of benzene rings is 3. The third kappa shape index (κ3) is 4.07. The number of fused-ring (bicyclic) bond motifs is 2. The molecule has 0 saturated heterocycles. The van der Waals surface area contributed by atoms with E-state index >= 15 is 0 Å². The SMILES string of the molecule is CCc1ccc(Cn2c(O)c(C=NCc3ccc4c(c3)OCO4)c3ccccc3c2=O)cc1. The van der Waals surface area contributed by atoms with Gasteiger partial charge in [-0.1, -0.05) is 55.5 Å². The van der Waals surface area contributed by atoms with E-state index in [1.165, 1.54) is 10.1 Å². The third-order valence-corrected chi connectivity index (χ3v) is 5.89. The van der Waals surface area contributed by atoms with Gasteiger partial charge in [0.1, 0.15) is 0 Å². The van der Waals surface area contributed by atoms with Crippen molar-refractivity contribution < 1.29 is 14.6 Å². The molecule has 6 heteroatoms. The van der Waals surface area contributed by atoms with Crippen LogP contribution < -0.4 is 15.0 Å². The van der Waals surface area contributed by atoms with Gasteiger partial charge in [-0.2, -0.15) is 0 Å². The zero-order valence-corrected chi connectivity index (χ0v) is 18.3. The van der Waals surface area contributed by atoms with Gasteiger partial charge in [0.25, 0.3) is 5.56 Å². The van der Waals surface area contributed by atoms with Crippen LogP contribution in [0.3, 0.4) is 0 Å².